The third kappa shape index (κ3) is 2.16. The van der Waals surface area contributed by atoms with Crippen molar-refractivity contribution in [1.82, 2.24) is 0 Å². The second kappa shape index (κ2) is 4.26. The molecule has 0 atom stereocenters. The molecule has 95 valence electrons. The monoisotopic (exact) mass is 259 g/mol. The summed E-state index contributed by atoms with van der Waals surface area (Å²) in [6.07, 6.45) is -0.373. The van der Waals surface area contributed by atoms with Crippen molar-refractivity contribution in [2.45, 2.75) is 6.18 Å². The maximum atomic E-state index is 12.5. The lowest BCUT2D eigenvalue weighted by molar-refractivity contribution is -0.137. The first-order valence-electron chi connectivity index (χ1n) is 5.88. The summed E-state index contributed by atoms with van der Waals surface area (Å²) in [6.45, 7) is 0. The summed E-state index contributed by atoms with van der Waals surface area (Å²) in [5, 5.41) is 0. The molecular formula is C16H10F3. The molecule has 3 heteroatoms. The number of alkyl halides is 3. The van der Waals surface area contributed by atoms with Crippen molar-refractivity contribution in [3.8, 4) is 0 Å². The molecule has 0 bridgehead atoms. The van der Waals surface area contributed by atoms with Gasteiger partial charge in [-0.1, -0.05) is 42.5 Å². The zero-order valence-electron chi connectivity index (χ0n) is 9.91. The number of allylic oxidation sites excluding steroid dienone is 1. The van der Waals surface area contributed by atoms with Crippen LogP contribution in [-0.2, 0) is 6.18 Å². The van der Waals surface area contributed by atoms with Gasteiger partial charge < -0.3 is 0 Å². The number of hydrogen-bond donors (Lipinski definition) is 0. The molecule has 19 heavy (non-hydrogen) atoms. The van der Waals surface area contributed by atoms with E-state index >= 15 is 0 Å². The molecule has 1 aliphatic rings. The van der Waals surface area contributed by atoms with E-state index in [2.05, 4.69) is 0 Å². The zero-order chi connectivity index (χ0) is 13.5. The SMILES string of the molecule is FC(F)(F)c1ccc(C2=C[CH]c3ccccc32)cc1. The Balaban J connectivity index is 1.97. The summed E-state index contributed by atoms with van der Waals surface area (Å²) in [6, 6.07) is 13.1. The molecule has 2 aromatic carbocycles. The molecule has 0 amide bonds. The second-order valence-electron chi connectivity index (χ2n) is 4.41. The molecule has 0 aromatic heterocycles. The molecule has 0 saturated carbocycles. The van der Waals surface area contributed by atoms with Gasteiger partial charge >= 0.3 is 6.18 Å². The van der Waals surface area contributed by atoms with Gasteiger partial charge in [0.15, 0.2) is 0 Å². The lowest BCUT2D eigenvalue weighted by Crippen LogP contribution is -2.04. The molecule has 0 spiro atoms. The van der Waals surface area contributed by atoms with Crippen LogP contribution in [0.15, 0.2) is 54.6 Å². The lowest BCUT2D eigenvalue weighted by atomic mass is 9.98. The van der Waals surface area contributed by atoms with Gasteiger partial charge in [-0.25, -0.2) is 0 Å². The lowest BCUT2D eigenvalue weighted by Gasteiger charge is -2.09. The number of hydrogen-bond acceptors (Lipinski definition) is 0. The number of halogens is 3. The third-order valence-corrected chi connectivity index (χ3v) is 3.20. The van der Waals surface area contributed by atoms with Crippen LogP contribution < -0.4 is 0 Å². The van der Waals surface area contributed by atoms with Gasteiger partial charge in [-0.2, -0.15) is 13.2 Å². The van der Waals surface area contributed by atoms with Gasteiger partial charge in [0.05, 0.1) is 5.56 Å². The molecule has 0 heterocycles. The standard InChI is InChI=1S/C16H10F3/c17-16(18,19)13-8-5-12(6-9-13)15-10-7-11-3-1-2-4-14(11)15/h1-10H. The Morgan fingerprint density at radius 1 is 0.789 bits per heavy atom. The summed E-state index contributed by atoms with van der Waals surface area (Å²) in [5.74, 6) is 0. The van der Waals surface area contributed by atoms with Crippen molar-refractivity contribution in [2.24, 2.45) is 0 Å². The van der Waals surface area contributed by atoms with Crippen LogP contribution in [-0.4, -0.2) is 0 Å². The second-order valence-corrected chi connectivity index (χ2v) is 4.41. The van der Waals surface area contributed by atoms with Gasteiger partial charge in [0.2, 0.25) is 0 Å². The Morgan fingerprint density at radius 2 is 1.47 bits per heavy atom. The van der Waals surface area contributed by atoms with E-state index in [0.29, 0.717) is 0 Å². The van der Waals surface area contributed by atoms with Crippen LogP contribution in [0.4, 0.5) is 13.2 Å². The summed E-state index contributed by atoms with van der Waals surface area (Å²) in [5.41, 5.74) is 3.30. The van der Waals surface area contributed by atoms with Gasteiger partial charge in [-0.05, 0) is 34.4 Å². The number of fused-ring (bicyclic) bond motifs is 1. The topological polar surface area (TPSA) is 0 Å². The van der Waals surface area contributed by atoms with E-state index in [1.165, 1.54) is 12.1 Å². The van der Waals surface area contributed by atoms with E-state index in [9.17, 15) is 13.2 Å². The Morgan fingerprint density at radius 3 is 2.16 bits per heavy atom. The number of benzene rings is 2. The van der Waals surface area contributed by atoms with E-state index in [1.807, 2.05) is 36.8 Å². The molecule has 1 radical (unpaired) electrons. The van der Waals surface area contributed by atoms with E-state index in [-0.39, 0.29) is 0 Å². The maximum Gasteiger partial charge on any atom is 0.416 e. The predicted octanol–water partition coefficient (Wildman–Crippen LogP) is 4.70. The summed E-state index contributed by atoms with van der Waals surface area (Å²) in [7, 11) is 0. The molecule has 3 rings (SSSR count). The van der Waals surface area contributed by atoms with Crippen LogP contribution in [0.2, 0.25) is 0 Å². The normalized spacial score (nSPS) is 14.2. The fourth-order valence-corrected chi connectivity index (χ4v) is 2.24. The Labute approximate surface area is 109 Å². The molecule has 0 unspecified atom stereocenters. The van der Waals surface area contributed by atoms with Crippen molar-refractivity contribution in [2.75, 3.05) is 0 Å². The Bertz CT molecular complexity index is 634. The van der Waals surface area contributed by atoms with Crippen molar-refractivity contribution >= 4 is 5.57 Å². The minimum Gasteiger partial charge on any atom is -0.166 e. The zero-order valence-corrected chi connectivity index (χ0v) is 9.91. The summed E-state index contributed by atoms with van der Waals surface area (Å²) in [4.78, 5) is 0. The predicted molar refractivity (Wildman–Crippen MR) is 68.4 cm³/mol. The van der Waals surface area contributed by atoms with Gasteiger partial charge in [0, 0.05) is 6.42 Å². The average Bonchev–Trinajstić information content (AvgIpc) is 2.82. The molecule has 1 aliphatic carbocycles. The number of rotatable bonds is 1. The van der Waals surface area contributed by atoms with Crippen molar-refractivity contribution in [3.63, 3.8) is 0 Å². The van der Waals surface area contributed by atoms with Gasteiger partial charge in [-0.15, -0.1) is 0 Å². The smallest absolute Gasteiger partial charge is 0.166 e. The quantitative estimate of drug-likeness (QED) is 0.696. The van der Waals surface area contributed by atoms with Crippen LogP contribution in [0.3, 0.4) is 0 Å². The van der Waals surface area contributed by atoms with E-state index < -0.39 is 11.7 Å². The molecule has 0 saturated heterocycles. The van der Waals surface area contributed by atoms with Crippen molar-refractivity contribution in [1.29, 1.82) is 0 Å². The van der Waals surface area contributed by atoms with E-state index in [0.717, 1.165) is 34.4 Å². The molecule has 0 fully saturated rings. The van der Waals surface area contributed by atoms with Crippen molar-refractivity contribution < 1.29 is 13.2 Å². The minimum absolute atomic E-state index is 0.618. The first kappa shape index (κ1) is 12.0. The molecule has 0 nitrogen and oxygen atoms in total. The van der Waals surface area contributed by atoms with Crippen molar-refractivity contribution in [3.05, 3.63) is 83.3 Å². The largest absolute Gasteiger partial charge is 0.416 e. The molecule has 0 N–H and O–H groups in total. The fourth-order valence-electron chi connectivity index (χ4n) is 2.24. The van der Waals surface area contributed by atoms with E-state index in [1.54, 1.807) is 0 Å². The van der Waals surface area contributed by atoms with Crippen LogP contribution in [0, 0.1) is 6.42 Å². The van der Waals surface area contributed by atoms with Gasteiger partial charge in [0.25, 0.3) is 0 Å². The van der Waals surface area contributed by atoms with Crippen LogP contribution in [0.25, 0.3) is 5.57 Å². The van der Waals surface area contributed by atoms with Gasteiger partial charge in [-0.3, -0.25) is 0 Å². The summed E-state index contributed by atoms with van der Waals surface area (Å²) < 4.78 is 37.5. The Hall–Kier alpha value is -2.03. The summed E-state index contributed by atoms with van der Waals surface area (Å²) >= 11 is 0. The highest BCUT2D eigenvalue weighted by Crippen LogP contribution is 2.35. The van der Waals surface area contributed by atoms with Crippen LogP contribution in [0.1, 0.15) is 22.3 Å². The Kier molecular flexibility index (Phi) is 2.70. The first-order chi connectivity index (χ1) is 9.05. The minimum atomic E-state index is -4.29. The van der Waals surface area contributed by atoms with Crippen LogP contribution >= 0.6 is 0 Å². The van der Waals surface area contributed by atoms with E-state index in [4.69, 9.17) is 0 Å². The van der Waals surface area contributed by atoms with Crippen LogP contribution in [0.5, 0.6) is 0 Å². The highest BCUT2D eigenvalue weighted by molar-refractivity contribution is 5.87. The highest BCUT2D eigenvalue weighted by atomic mass is 19.4. The highest BCUT2D eigenvalue weighted by Gasteiger charge is 2.30. The molecule has 0 aliphatic heterocycles. The van der Waals surface area contributed by atoms with Gasteiger partial charge in [0.1, 0.15) is 0 Å². The third-order valence-electron chi connectivity index (χ3n) is 3.20. The molecule has 2 aromatic rings. The molecular weight excluding hydrogens is 249 g/mol. The maximum absolute atomic E-state index is 12.5. The fraction of sp³-hybridized carbons (Fsp3) is 0.0625. The first-order valence-corrected chi connectivity index (χ1v) is 5.88. The average molecular weight is 259 g/mol.